The molecule has 0 saturated carbocycles. The molecule has 2 atom stereocenters. The third-order valence-electron chi connectivity index (χ3n) is 4.50. The van der Waals surface area contributed by atoms with Gasteiger partial charge in [0.25, 0.3) is 5.91 Å². The van der Waals surface area contributed by atoms with Gasteiger partial charge in [0, 0.05) is 12.2 Å². The number of nitrogens with one attached hydrogen (secondary N) is 2. The zero-order valence-electron chi connectivity index (χ0n) is 14.7. The molecule has 3 rings (SSSR count). The van der Waals surface area contributed by atoms with Crippen LogP contribution < -0.4 is 10.6 Å². The molecule has 2 saturated heterocycles. The summed E-state index contributed by atoms with van der Waals surface area (Å²) in [6.07, 6.45) is 0.377. The molecular formula is C16H22N4O6. The molecule has 2 fully saturated rings. The molecule has 142 valence electrons. The van der Waals surface area contributed by atoms with Gasteiger partial charge in [-0.25, -0.2) is 4.79 Å². The number of carbonyl (C=O) groups excluding carboxylic acids is 3. The molecule has 0 aliphatic carbocycles. The van der Waals surface area contributed by atoms with Crippen molar-refractivity contribution in [1.82, 2.24) is 20.7 Å². The van der Waals surface area contributed by atoms with E-state index in [0.717, 1.165) is 16.2 Å². The molecule has 0 aromatic carbocycles. The predicted molar refractivity (Wildman–Crippen MR) is 87.0 cm³/mol. The number of urea groups is 1. The van der Waals surface area contributed by atoms with E-state index in [1.807, 2.05) is 13.8 Å². The Morgan fingerprint density at radius 2 is 2.23 bits per heavy atom. The number of imide groups is 1. The van der Waals surface area contributed by atoms with Crippen LogP contribution in [-0.2, 0) is 25.7 Å². The van der Waals surface area contributed by atoms with Crippen LogP contribution in [-0.4, -0.2) is 66.4 Å². The van der Waals surface area contributed by atoms with E-state index in [1.165, 1.54) is 0 Å². The molecule has 4 amide bonds. The topological polar surface area (TPSA) is 123 Å². The van der Waals surface area contributed by atoms with Gasteiger partial charge in [-0.2, -0.15) is 0 Å². The molecule has 1 aromatic heterocycles. The summed E-state index contributed by atoms with van der Waals surface area (Å²) in [5, 5.41) is 9.07. The van der Waals surface area contributed by atoms with E-state index in [-0.39, 0.29) is 25.2 Å². The second kappa shape index (κ2) is 7.83. The minimum atomic E-state index is -0.559. The van der Waals surface area contributed by atoms with Gasteiger partial charge in [0.2, 0.25) is 5.91 Å². The van der Waals surface area contributed by atoms with Crippen LogP contribution in [0.25, 0.3) is 0 Å². The SMILES string of the molecule is Cc1noc(C)c1CO[C@H]1CCOC[C@H]1NC(=O)CN1C(=O)CNC1=O. The molecule has 0 unspecified atom stereocenters. The number of rotatable bonds is 6. The van der Waals surface area contributed by atoms with E-state index in [0.29, 0.717) is 32.0 Å². The first-order chi connectivity index (χ1) is 12.5. The molecule has 0 bridgehead atoms. The van der Waals surface area contributed by atoms with Crippen molar-refractivity contribution in [2.24, 2.45) is 0 Å². The number of aromatic nitrogens is 1. The minimum Gasteiger partial charge on any atom is -0.379 e. The Bertz CT molecular complexity index is 667. The van der Waals surface area contributed by atoms with Crippen LogP contribution in [0.1, 0.15) is 23.4 Å². The molecule has 2 aliphatic heterocycles. The molecule has 0 spiro atoms. The van der Waals surface area contributed by atoms with Crippen LogP contribution in [0.15, 0.2) is 4.52 Å². The van der Waals surface area contributed by atoms with Crippen molar-refractivity contribution in [3.05, 3.63) is 17.0 Å². The number of hydrogen-bond acceptors (Lipinski definition) is 7. The van der Waals surface area contributed by atoms with E-state index in [2.05, 4.69) is 15.8 Å². The van der Waals surface area contributed by atoms with Gasteiger partial charge in [-0.1, -0.05) is 5.16 Å². The predicted octanol–water partition coefficient (Wildman–Crippen LogP) is -0.366. The Morgan fingerprint density at radius 1 is 1.42 bits per heavy atom. The molecule has 26 heavy (non-hydrogen) atoms. The first kappa shape index (κ1) is 18.3. The summed E-state index contributed by atoms with van der Waals surface area (Å²) in [4.78, 5) is 36.2. The summed E-state index contributed by atoms with van der Waals surface area (Å²) in [5.41, 5.74) is 1.66. The third-order valence-corrected chi connectivity index (χ3v) is 4.50. The number of ether oxygens (including phenoxy) is 2. The Hall–Kier alpha value is -2.46. The van der Waals surface area contributed by atoms with E-state index < -0.39 is 17.8 Å². The van der Waals surface area contributed by atoms with Gasteiger partial charge in [-0.15, -0.1) is 0 Å². The molecular weight excluding hydrogens is 344 g/mol. The van der Waals surface area contributed by atoms with Gasteiger partial charge in [-0.3, -0.25) is 14.5 Å². The van der Waals surface area contributed by atoms with E-state index >= 15 is 0 Å². The zero-order chi connectivity index (χ0) is 18.7. The quantitative estimate of drug-likeness (QED) is 0.659. The highest BCUT2D eigenvalue weighted by Crippen LogP contribution is 2.18. The average Bonchev–Trinajstić information content (AvgIpc) is 3.10. The van der Waals surface area contributed by atoms with Crippen molar-refractivity contribution < 1.29 is 28.4 Å². The lowest BCUT2D eigenvalue weighted by Crippen LogP contribution is -2.53. The summed E-state index contributed by atoms with van der Waals surface area (Å²) in [6.45, 7) is 4.42. The molecule has 3 heterocycles. The number of hydrogen-bond donors (Lipinski definition) is 2. The molecule has 1 aromatic rings. The molecule has 0 radical (unpaired) electrons. The van der Waals surface area contributed by atoms with Crippen molar-refractivity contribution in [2.45, 2.75) is 39.0 Å². The van der Waals surface area contributed by atoms with Gasteiger partial charge in [-0.05, 0) is 20.3 Å². The Morgan fingerprint density at radius 3 is 2.88 bits per heavy atom. The van der Waals surface area contributed by atoms with Gasteiger partial charge in [0.05, 0.1) is 37.6 Å². The first-order valence-corrected chi connectivity index (χ1v) is 8.44. The smallest absolute Gasteiger partial charge is 0.325 e. The maximum absolute atomic E-state index is 12.2. The molecule has 10 nitrogen and oxygen atoms in total. The zero-order valence-corrected chi connectivity index (χ0v) is 14.7. The summed E-state index contributed by atoms with van der Waals surface area (Å²) in [6, 6.07) is -0.922. The van der Waals surface area contributed by atoms with Crippen LogP contribution in [0.3, 0.4) is 0 Å². The highest BCUT2D eigenvalue weighted by atomic mass is 16.5. The number of carbonyl (C=O) groups is 3. The lowest BCUT2D eigenvalue weighted by atomic mass is 10.1. The Balaban J connectivity index is 1.55. The van der Waals surface area contributed by atoms with Crippen molar-refractivity contribution in [3.63, 3.8) is 0 Å². The average molecular weight is 366 g/mol. The summed E-state index contributed by atoms with van der Waals surface area (Å²) in [5.74, 6) is -0.151. The monoisotopic (exact) mass is 366 g/mol. The van der Waals surface area contributed by atoms with Crippen LogP contribution in [0, 0.1) is 13.8 Å². The fourth-order valence-electron chi connectivity index (χ4n) is 2.96. The van der Waals surface area contributed by atoms with Gasteiger partial charge in [0.15, 0.2) is 0 Å². The van der Waals surface area contributed by atoms with E-state index in [9.17, 15) is 14.4 Å². The van der Waals surface area contributed by atoms with Crippen molar-refractivity contribution in [2.75, 3.05) is 26.3 Å². The van der Waals surface area contributed by atoms with Gasteiger partial charge in [0.1, 0.15) is 12.3 Å². The maximum atomic E-state index is 12.2. The van der Waals surface area contributed by atoms with E-state index in [4.69, 9.17) is 14.0 Å². The summed E-state index contributed by atoms with van der Waals surface area (Å²) >= 11 is 0. The Kier molecular flexibility index (Phi) is 5.52. The number of aryl methyl sites for hydroxylation is 2. The fourth-order valence-corrected chi connectivity index (χ4v) is 2.96. The van der Waals surface area contributed by atoms with Gasteiger partial charge >= 0.3 is 6.03 Å². The lowest BCUT2D eigenvalue weighted by Gasteiger charge is -2.32. The van der Waals surface area contributed by atoms with Crippen LogP contribution in [0.4, 0.5) is 4.79 Å². The van der Waals surface area contributed by atoms with Crippen molar-refractivity contribution in [3.8, 4) is 0 Å². The van der Waals surface area contributed by atoms with E-state index in [1.54, 1.807) is 0 Å². The Labute approximate surface area is 150 Å². The van der Waals surface area contributed by atoms with Crippen LogP contribution in [0.5, 0.6) is 0 Å². The first-order valence-electron chi connectivity index (χ1n) is 8.44. The van der Waals surface area contributed by atoms with Crippen LogP contribution >= 0.6 is 0 Å². The number of nitrogens with zero attached hydrogens (tertiary/aromatic N) is 2. The highest BCUT2D eigenvalue weighted by Gasteiger charge is 2.33. The second-order valence-corrected chi connectivity index (χ2v) is 6.33. The lowest BCUT2D eigenvalue weighted by molar-refractivity contribution is -0.133. The third kappa shape index (κ3) is 4.02. The maximum Gasteiger partial charge on any atom is 0.325 e. The van der Waals surface area contributed by atoms with Crippen molar-refractivity contribution in [1.29, 1.82) is 0 Å². The van der Waals surface area contributed by atoms with Gasteiger partial charge < -0.3 is 24.6 Å². The van der Waals surface area contributed by atoms with Crippen LogP contribution in [0.2, 0.25) is 0 Å². The molecule has 2 N–H and O–H groups in total. The summed E-state index contributed by atoms with van der Waals surface area (Å²) in [7, 11) is 0. The fraction of sp³-hybridized carbons (Fsp3) is 0.625. The second-order valence-electron chi connectivity index (χ2n) is 6.33. The number of amides is 4. The highest BCUT2D eigenvalue weighted by molar-refractivity contribution is 6.04. The minimum absolute atomic E-state index is 0.0815. The normalized spacial score (nSPS) is 23.2. The summed E-state index contributed by atoms with van der Waals surface area (Å²) < 4.78 is 16.5. The van der Waals surface area contributed by atoms with Crippen molar-refractivity contribution >= 4 is 17.8 Å². The largest absolute Gasteiger partial charge is 0.379 e. The molecule has 10 heteroatoms. The molecule has 2 aliphatic rings. The standard InChI is InChI=1S/C16H22N4O6/c1-9-11(10(2)26-19-9)7-25-13-3-4-24-8-12(13)18-14(21)6-20-15(22)5-17-16(20)23/h12-13H,3-8H2,1-2H3,(H,17,23)(H,18,21)/t12-,13+/m1/s1.